The number of methoxy groups -OCH3 is 2. The molecule has 0 aliphatic carbocycles. The maximum Gasteiger partial charge on any atom is 0.318 e. The van der Waals surface area contributed by atoms with Crippen molar-refractivity contribution in [3.8, 4) is 11.5 Å². The van der Waals surface area contributed by atoms with Crippen molar-refractivity contribution in [3.05, 3.63) is 71.8 Å². The van der Waals surface area contributed by atoms with Crippen LogP contribution in [0.1, 0.15) is 35.6 Å². The number of carbonyl (C=O) groups is 1. The van der Waals surface area contributed by atoms with Crippen LogP contribution in [-0.4, -0.2) is 46.5 Å². The van der Waals surface area contributed by atoms with Crippen LogP contribution in [0, 0.1) is 0 Å². The van der Waals surface area contributed by atoms with E-state index in [9.17, 15) is 4.79 Å². The van der Waals surface area contributed by atoms with Crippen molar-refractivity contribution < 1.29 is 14.3 Å². The predicted molar refractivity (Wildman–Crippen MR) is 116 cm³/mol. The Morgan fingerprint density at radius 2 is 2.03 bits per heavy atom. The second-order valence-corrected chi connectivity index (χ2v) is 7.53. The van der Waals surface area contributed by atoms with Crippen molar-refractivity contribution in [2.75, 3.05) is 20.8 Å². The summed E-state index contributed by atoms with van der Waals surface area (Å²) < 4.78 is 12.6. The fourth-order valence-electron chi connectivity index (χ4n) is 4.05. The number of carbonyl (C=O) groups excluding carboxylic acids is 1. The van der Waals surface area contributed by atoms with Crippen LogP contribution < -0.4 is 14.8 Å². The van der Waals surface area contributed by atoms with Gasteiger partial charge in [-0.15, -0.1) is 0 Å². The van der Waals surface area contributed by atoms with Crippen molar-refractivity contribution in [1.29, 1.82) is 0 Å². The average molecular weight is 422 g/mol. The second kappa shape index (κ2) is 9.51. The number of hydrogen-bond acceptors (Lipinski definition) is 5. The summed E-state index contributed by atoms with van der Waals surface area (Å²) in [6.07, 6.45) is 5.08. The molecular weight excluding hydrogens is 394 g/mol. The number of aromatic nitrogens is 3. The van der Waals surface area contributed by atoms with Crippen LogP contribution in [0.3, 0.4) is 0 Å². The van der Waals surface area contributed by atoms with E-state index in [2.05, 4.69) is 21.5 Å². The van der Waals surface area contributed by atoms with Crippen LogP contribution in [0.2, 0.25) is 0 Å². The van der Waals surface area contributed by atoms with Crippen LogP contribution in [0.5, 0.6) is 11.5 Å². The van der Waals surface area contributed by atoms with Gasteiger partial charge in [-0.25, -0.2) is 14.5 Å². The van der Waals surface area contributed by atoms with E-state index in [4.69, 9.17) is 9.47 Å². The number of benzene rings is 2. The SMILES string of the molecule is COc1ccc(C2CCCN2C(=O)NCc2cccc(Cn3cncn3)c2)c(OC)c1. The number of nitrogens with zero attached hydrogens (tertiary/aromatic N) is 4. The van der Waals surface area contributed by atoms with Gasteiger partial charge in [0.05, 0.1) is 26.8 Å². The van der Waals surface area contributed by atoms with Crippen LogP contribution in [-0.2, 0) is 13.1 Å². The lowest BCUT2D eigenvalue weighted by atomic mass is 10.0. The van der Waals surface area contributed by atoms with Crippen LogP contribution in [0.4, 0.5) is 4.79 Å². The van der Waals surface area contributed by atoms with E-state index in [1.165, 1.54) is 6.33 Å². The lowest BCUT2D eigenvalue weighted by molar-refractivity contribution is 0.191. The van der Waals surface area contributed by atoms with Crippen molar-refractivity contribution in [1.82, 2.24) is 25.0 Å². The van der Waals surface area contributed by atoms with Gasteiger partial charge in [-0.1, -0.05) is 24.3 Å². The van der Waals surface area contributed by atoms with E-state index in [1.807, 2.05) is 41.3 Å². The smallest absolute Gasteiger partial charge is 0.318 e. The highest BCUT2D eigenvalue weighted by molar-refractivity contribution is 5.75. The highest BCUT2D eigenvalue weighted by Crippen LogP contribution is 2.38. The molecule has 1 fully saturated rings. The molecule has 3 aromatic rings. The van der Waals surface area contributed by atoms with Crippen molar-refractivity contribution >= 4 is 6.03 Å². The third-order valence-corrected chi connectivity index (χ3v) is 5.56. The van der Waals surface area contributed by atoms with Gasteiger partial charge in [0.1, 0.15) is 24.2 Å². The molecule has 1 atom stereocenters. The molecule has 1 aromatic heterocycles. The highest BCUT2D eigenvalue weighted by Gasteiger charge is 2.32. The molecule has 162 valence electrons. The molecule has 0 spiro atoms. The zero-order valence-corrected chi connectivity index (χ0v) is 17.8. The summed E-state index contributed by atoms with van der Waals surface area (Å²) in [5.74, 6) is 1.48. The first kappa shape index (κ1) is 20.7. The molecule has 1 aliphatic heterocycles. The van der Waals surface area contributed by atoms with E-state index in [1.54, 1.807) is 25.2 Å². The second-order valence-electron chi connectivity index (χ2n) is 7.53. The number of rotatable bonds is 7. The lowest BCUT2D eigenvalue weighted by Gasteiger charge is -2.27. The number of ether oxygens (including phenoxy) is 2. The number of amides is 2. The van der Waals surface area contributed by atoms with Crippen LogP contribution >= 0.6 is 0 Å². The Kier molecular flexibility index (Phi) is 6.35. The minimum atomic E-state index is -0.0675. The van der Waals surface area contributed by atoms with Crippen molar-refractivity contribution in [2.45, 2.75) is 32.0 Å². The van der Waals surface area contributed by atoms with Gasteiger partial charge in [-0.05, 0) is 36.1 Å². The van der Waals surface area contributed by atoms with Gasteiger partial charge in [0.25, 0.3) is 0 Å². The minimum absolute atomic E-state index is 0.0143. The summed E-state index contributed by atoms with van der Waals surface area (Å²) in [5, 5.41) is 7.21. The van der Waals surface area contributed by atoms with E-state index < -0.39 is 0 Å². The summed E-state index contributed by atoms with van der Waals surface area (Å²) in [6, 6.07) is 13.8. The molecule has 1 saturated heterocycles. The molecule has 1 unspecified atom stereocenters. The monoisotopic (exact) mass is 421 g/mol. The maximum atomic E-state index is 13.0. The standard InChI is InChI=1S/C23H27N5O3/c1-30-19-8-9-20(22(12-19)31-2)21-7-4-10-28(21)23(29)25-13-17-5-3-6-18(11-17)14-27-16-24-15-26-27/h3,5-6,8-9,11-12,15-16,21H,4,7,10,13-14H2,1-2H3,(H,25,29). The molecule has 0 saturated carbocycles. The van der Waals surface area contributed by atoms with Crippen LogP contribution in [0.25, 0.3) is 0 Å². The van der Waals surface area contributed by atoms with Gasteiger partial charge < -0.3 is 19.7 Å². The van der Waals surface area contributed by atoms with Gasteiger partial charge >= 0.3 is 6.03 Å². The number of likely N-dealkylation sites (tertiary alicyclic amines) is 1. The minimum Gasteiger partial charge on any atom is -0.497 e. The normalized spacial score (nSPS) is 15.7. The van der Waals surface area contributed by atoms with E-state index >= 15 is 0 Å². The Morgan fingerprint density at radius 1 is 1.16 bits per heavy atom. The van der Waals surface area contributed by atoms with Gasteiger partial charge in [-0.3, -0.25) is 0 Å². The highest BCUT2D eigenvalue weighted by atomic mass is 16.5. The Labute approximate surface area is 181 Å². The summed E-state index contributed by atoms with van der Waals surface area (Å²) >= 11 is 0. The largest absolute Gasteiger partial charge is 0.497 e. The third kappa shape index (κ3) is 4.79. The van der Waals surface area contributed by atoms with Gasteiger partial charge in [-0.2, -0.15) is 5.10 Å². The quantitative estimate of drug-likeness (QED) is 0.632. The van der Waals surface area contributed by atoms with Crippen LogP contribution in [0.15, 0.2) is 55.1 Å². The molecule has 2 heterocycles. The first-order chi connectivity index (χ1) is 15.2. The van der Waals surface area contributed by atoms with Crippen molar-refractivity contribution in [2.24, 2.45) is 0 Å². The van der Waals surface area contributed by atoms with Gasteiger partial charge in [0, 0.05) is 24.7 Å². The lowest BCUT2D eigenvalue weighted by Crippen LogP contribution is -2.39. The predicted octanol–water partition coefficient (Wildman–Crippen LogP) is 3.39. The zero-order chi connectivity index (χ0) is 21.6. The average Bonchev–Trinajstić information content (AvgIpc) is 3.49. The molecule has 0 bridgehead atoms. The summed E-state index contributed by atoms with van der Waals surface area (Å²) in [5.41, 5.74) is 3.16. The zero-order valence-electron chi connectivity index (χ0n) is 17.8. The third-order valence-electron chi connectivity index (χ3n) is 5.56. The Hall–Kier alpha value is -3.55. The molecule has 2 aromatic carbocycles. The van der Waals surface area contributed by atoms with E-state index in [0.29, 0.717) is 13.1 Å². The molecule has 2 amide bonds. The van der Waals surface area contributed by atoms with Gasteiger partial charge in [0.15, 0.2) is 0 Å². The Bertz CT molecular complexity index is 1020. The fourth-order valence-corrected chi connectivity index (χ4v) is 4.05. The molecule has 0 radical (unpaired) electrons. The van der Waals surface area contributed by atoms with E-state index in [-0.39, 0.29) is 12.1 Å². The van der Waals surface area contributed by atoms with Gasteiger partial charge in [0.2, 0.25) is 0 Å². The summed E-state index contributed by atoms with van der Waals surface area (Å²) in [4.78, 5) is 18.9. The first-order valence-corrected chi connectivity index (χ1v) is 10.3. The molecule has 8 nitrogen and oxygen atoms in total. The topological polar surface area (TPSA) is 81.5 Å². The molecule has 31 heavy (non-hydrogen) atoms. The molecular formula is C23H27N5O3. The molecule has 4 rings (SSSR count). The fraction of sp³-hybridized carbons (Fsp3) is 0.348. The summed E-state index contributed by atoms with van der Waals surface area (Å²) in [6.45, 7) is 1.83. The van der Waals surface area contributed by atoms with E-state index in [0.717, 1.165) is 47.6 Å². The summed E-state index contributed by atoms with van der Waals surface area (Å²) in [7, 11) is 3.27. The number of nitrogens with one attached hydrogen (secondary N) is 1. The number of urea groups is 1. The molecule has 8 heteroatoms. The number of hydrogen-bond donors (Lipinski definition) is 1. The van der Waals surface area contributed by atoms with Crippen molar-refractivity contribution in [3.63, 3.8) is 0 Å². The molecule has 1 aliphatic rings. The molecule has 1 N–H and O–H groups in total. The Morgan fingerprint density at radius 3 is 2.81 bits per heavy atom. The first-order valence-electron chi connectivity index (χ1n) is 10.3. The maximum absolute atomic E-state index is 13.0. The Balaban J connectivity index is 1.42.